The smallest absolute Gasteiger partial charge is 0.263 e. The van der Waals surface area contributed by atoms with Crippen LogP contribution in [0.5, 0.6) is 0 Å². The number of carbonyl (C=O) groups excluding carboxylic acids is 1. The normalized spacial score (nSPS) is 25.3. The van der Waals surface area contributed by atoms with Gasteiger partial charge in [0, 0.05) is 30.5 Å². The zero-order valence-corrected chi connectivity index (χ0v) is 12.7. The first-order chi connectivity index (χ1) is 9.64. The van der Waals surface area contributed by atoms with E-state index in [0.717, 1.165) is 37.4 Å². The average molecular weight is 294 g/mol. The number of rotatable bonds is 2. The lowest BCUT2D eigenvalue weighted by atomic mass is 9.71. The van der Waals surface area contributed by atoms with Gasteiger partial charge in [0.05, 0.1) is 4.88 Å². The maximum atomic E-state index is 12.6. The number of thiophene rings is 1. The fourth-order valence-electron chi connectivity index (χ4n) is 3.64. The van der Waals surface area contributed by atoms with Gasteiger partial charge >= 0.3 is 0 Å². The fourth-order valence-corrected chi connectivity index (χ4v) is 4.47. The molecule has 2 N–H and O–H groups in total. The molecule has 1 spiro atoms. The Kier molecular flexibility index (Phi) is 3.84. The highest BCUT2D eigenvalue weighted by atomic mass is 32.1. The lowest BCUT2D eigenvalue weighted by Crippen LogP contribution is -2.43. The summed E-state index contributed by atoms with van der Waals surface area (Å²) in [5, 5.41) is 13.1. The lowest BCUT2D eigenvalue weighted by Gasteiger charge is -2.37. The molecule has 1 atom stereocenters. The highest BCUT2D eigenvalue weighted by Crippen LogP contribution is 2.43. The van der Waals surface area contributed by atoms with Crippen molar-refractivity contribution in [3.05, 3.63) is 21.9 Å². The summed E-state index contributed by atoms with van der Waals surface area (Å²) in [4.78, 5) is 16.5. The number of amides is 1. The number of aliphatic hydroxyl groups excluding tert-OH is 1. The maximum absolute atomic E-state index is 12.6. The molecular weight excluding hydrogens is 272 g/mol. The van der Waals surface area contributed by atoms with Crippen LogP contribution in [0.15, 0.2) is 12.1 Å². The number of nitrogens with one attached hydrogen (secondary N) is 1. The molecule has 0 aromatic carbocycles. The Morgan fingerprint density at radius 1 is 1.50 bits per heavy atom. The molecule has 2 fully saturated rings. The zero-order valence-electron chi connectivity index (χ0n) is 11.9. The zero-order chi connectivity index (χ0) is 14.2. The first-order valence-corrected chi connectivity index (χ1v) is 8.13. The van der Waals surface area contributed by atoms with E-state index < -0.39 is 0 Å². The van der Waals surface area contributed by atoms with Crippen molar-refractivity contribution < 1.29 is 9.90 Å². The molecule has 3 heterocycles. The molecule has 0 bridgehead atoms. The molecule has 5 heteroatoms. The van der Waals surface area contributed by atoms with Crippen molar-refractivity contribution >= 4 is 17.2 Å². The van der Waals surface area contributed by atoms with Gasteiger partial charge in [0.2, 0.25) is 0 Å². The number of nitrogens with zero attached hydrogens (tertiary/aromatic N) is 1. The van der Waals surface area contributed by atoms with Crippen molar-refractivity contribution in [3.63, 3.8) is 0 Å². The Labute approximate surface area is 123 Å². The van der Waals surface area contributed by atoms with Crippen LogP contribution in [0.1, 0.15) is 27.4 Å². The third-order valence-corrected chi connectivity index (χ3v) is 5.86. The van der Waals surface area contributed by atoms with Crippen LogP contribution in [0.3, 0.4) is 0 Å². The van der Waals surface area contributed by atoms with Crippen LogP contribution < -0.4 is 5.32 Å². The van der Waals surface area contributed by atoms with Gasteiger partial charge in [-0.3, -0.25) is 4.79 Å². The van der Waals surface area contributed by atoms with E-state index in [4.69, 9.17) is 0 Å². The van der Waals surface area contributed by atoms with Crippen molar-refractivity contribution in [1.82, 2.24) is 10.2 Å². The largest absolute Gasteiger partial charge is 0.396 e. The average Bonchev–Trinajstić information content (AvgIpc) is 3.03. The molecule has 3 rings (SSSR count). The topological polar surface area (TPSA) is 52.6 Å². The van der Waals surface area contributed by atoms with E-state index in [1.807, 2.05) is 24.0 Å². The van der Waals surface area contributed by atoms with Gasteiger partial charge in [-0.15, -0.1) is 11.3 Å². The molecule has 20 heavy (non-hydrogen) atoms. The SMILES string of the molecule is Cc1ccc(C(=O)N2CC(CO)C3(CCNCC3)C2)s1. The predicted octanol–water partition coefficient (Wildman–Crippen LogP) is 1.49. The minimum atomic E-state index is 0.127. The van der Waals surface area contributed by atoms with Gasteiger partial charge in [-0.05, 0) is 50.4 Å². The van der Waals surface area contributed by atoms with Gasteiger partial charge in [-0.2, -0.15) is 0 Å². The molecule has 0 radical (unpaired) electrons. The second kappa shape index (κ2) is 5.47. The van der Waals surface area contributed by atoms with E-state index in [-0.39, 0.29) is 23.8 Å². The molecular formula is C15H22N2O2S. The summed E-state index contributed by atoms with van der Waals surface area (Å²) in [5.74, 6) is 0.367. The number of likely N-dealkylation sites (tertiary alicyclic amines) is 1. The van der Waals surface area contributed by atoms with Crippen molar-refractivity contribution in [2.45, 2.75) is 19.8 Å². The third kappa shape index (κ3) is 2.38. The molecule has 2 aliphatic rings. The van der Waals surface area contributed by atoms with Gasteiger partial charge in [-0.1, -0.05) is 0 Å². The minimum Gasteiger partial charge on any atom is -0.396 e. The highest BCUT2D eigenvalue weighted by molar-refractivity contribution is 7.13. The number of aliphatic hydroxyl groups is 1. The Hall–Kier alpha value is -0.910. The van der Waals surface area contributed by atoms with Crippen LogP contribution in [0, 0.1) is 18.3 Å². The first-order valence-electron chi connectivity index (χ1n) is 7.32. The van der Waals surface area contributed by atoms with Crippen LogP contribution in [-0.2, 0) is 0 Å². The molecule has 1 amide bonds. The molecule has 1 aromatic rings. The maximum Gasteiger partial charge on any atom is 0.263 e. The van der Waals surface area contributed by atoms with E-state index in [9.17, 15) is 9.90 Å². The van der Waals surface area contributed by atoms with Crippen molar-refractivity contribution in [2.75, 3.05) is 32.8 Å². The number of hydrogen-bond acceptors (Lipinski definition) is 4. The summed E-state index contributed by atoms with van der Waals surface area (Å²) >= 11 is 1.56. The number of piperidine rings is 1. The van der Waals surface area contributed by atoms with E-state index in [1.165, 1.54) is 4.88 Å². The molecule has 1 unspecified atom stereocenters. The van der Waals surface area contributed by atoms with E-state index in [1.54, 1.807) is 11.3 Å². The summed E-state index contributed by atoms with van der Waals surface area (Å²) in [6, 6.07) is 3.92. The minimum absolute atomic E-state index is 0.127. The molecule has 2 saturated heterocycles. The molecule has 110 valence electrons. The predicted molar refractivity (Wildman–Crippen MR) is 80.1 cm³/mol. The second-order valence-corrected chi connectivity index (χ2v) is 7.38. The van der Waals surface area contributed by atoms with Gasteiger partial charge in [0.1, 0.15) is 0 Å². The highest BCUT2D eigenvalue weighted by Gasteiger charge is 2.47. The van der Waals surface area contributed by atoms with Gasteiger partial charge < -0.3 is 15.3 Å². The molecule has 0 saturated carbocycles. The summed E-state index contributed by atoms with van der Waals surface area (Å²) in [5.41, 5.74) is 0.127. The number of hydrogen-bond donors (Lipinski definition) is 2. The molecule has 1 aromatic heterocycles. The van der Waals surface area contributed by atoms with E-state index >= 15 is 0 Å². The van der Waals surface area contributed by atoms with Crippen LogP contribution in [0.2, 0.25) is 0 Å². The molecule has 0 aliphatic carbocycles. The Morgan fingerprint density at radius 3 is 2.85 bits per heavy atom. The summed E-state index contributed by atoms with van der Waals surface area (Å²) < 4.78 is 0. The van der Waals surface area contributed by atoms with Gasteiger partial charge in [0.15, 0.2) is 0 Å². The Bertz CT molecular complexity index is 494. The van der Waals surface area contributed by atoms with E-state index in [2.05, 4.69) is 5.32 Å². The van der Waals surface area contributed by atoms with Crippen LogP contribution in [0.4, 0.5) is 0 Å². The fraction of sp³-hybridized carbons (Fsp3) is 0.667. The quantitative estimate of drug-likeness (QED) is 0.869. The molecule has 2 aliphatic heterocycles. The molecule has 4 nitrogen and oxygen atoms in total. The number of carbonyl (C=O) groups is 1. The third-order valence-electron chi connectivity index (χ3n) is 4.87. The van der Waals surface area contributed by atoms with Crippen LogP contribution >= 0.6 is 11.3 Å². The first kappa shape index (κ1) is 14.0. The lowest BCUT2D eigenvalue weighted by molar-refractivity contribution is 0.0760. The van der Waals surface area contributed by atoms with Crippen LogP contribution in [-0.4, -0.2) is 48.7 Å². The van der Waals surface area contributed by atoms with Crippen LogP contribution in [0.25, 0.3) is 0 Å². The van der Waals surface area contributed by atoms with Gasteiger partial charge in [-0.25, -0.2) is 0 Å². The Morgan fingerprint density at radius 2 is 2.25 bits per heavy atom. The summed E-state index contributed by atoms with van der Waals surface area (Å²) in [6.07, 6.45) is 2.12. The van der Waals surface area contributed by atoms with Crippen molar-refractivity contribution in [3.8, 4) is 0 Å². The van der Waals surface area contributed by atoms with E-state index in [0.29, 0.717) is 6.54 Å². The van der Waals surface area contributed by atoms with Crippen molar-refractivity contribution in [1.29, 1.82) is 0 Å². The summed E-state index contributed by atoms with van der Waals surface area (Å²) in [6.45, 7) is 5.71. The summed E-state index contributed by atoms with van der Waals surface area (Å²) in [7, 11) is 0. The Balaban J connectivity index is 1.77. The monoisotopic (exact) mass is 294 g/mol. The standard InChI is InChI=1S/C15H22N2O2S/c1-11-2-3-13(20-11)14(19)17-8-12(9-18)15(10-17)4-6-16-7-5-15/h2-3,12,16,18H,4-10H2,1H3. The van der Waals surface area contributed by atoms with Crippen molar-refractivity contribution in [2.24, 2.45) is 11.3 Å². The second-order valence-electron chi connectivity index (χ2n) is 6.09. The number of aryl methyl sites for hydroxylation is 1. The van der Waals surface area contributed by atoms with Gasteiger partial charge in [0.25, 0.3) is 5.91 Å².